The Morgan fingerprint density at radius 3 is 2.03 bits per heavy atom. The molecule has 0 heterocycles. The van der Waals surface area contributed by atoms with Gasteiger partial charge in [0.05, 0.1) is 23.9 Å². The fourth-order valence-corrected chi connectivity index (χ4v) is 4.16. The number of benzene rings is 2. The second kappa shape index (κ2) is 8.94. The monoisotopic (exact) mass is 456 g/mol. The second-order valence-electron chi connectivity index (χ2n) is 9.42. The Morgan fingerprint density at radius 2 is 1.50 bits per heavy atom. The van der Waals surface area contributed by atoms with Crippen LogP contribution in [-0.4, -0.2) is 30.8 Å². The fourth-order valence-electron chi connectivity index (χ4n) is 4.09. The van der Waals surface area contributed by atoms with E-state index in [1.165, 1.54) is 7.11 Å². The van der Waals surface area contributed by atoms with Gasteiger partial charge in [0.2, 0.25) is 5.91 Å². The van der Waals surface area contributed by atoms with Gasteiger partial charge in [-0.2, -0.15) is 0 Å². The molecule has 0 aromatic heterocycles. The molecule has 2 amide bonds. The van der Waals surface area contributed by atoms with E-state index in [2.05, 4.69) is 38.3 Å². The number of halogens is 1. The van der Waals surface area contributed by atoms with Crippen molar-refractivity contribution in [3.05, 3.63) is 58.7 Å². The number of alkyl halides is 1. The first kappa shape index (κ1) is 23.8. The second-order valence-corrected chi connectivity index (χ2v) is 9.68. The number of rotatable bonds is 5. The third-order valence-corrected chi connectivity index (χ3v) is 6.44. The zero-order valence-corrected chi connectivity index (χ0v) is 19.9. The van der Waals surface area contributed by atoms with Crippen LogP contribution in [0, 0.1) is 0 Å². The molecule has 0 fully saturated rings. The van der Waals surface area contributed by atoms with Crippen LogP contribution in [0.25, 0.3) is 0 Å². The van der Waals surface area contributed by atoms with E-state index in [4.69, 9.17) is 16.3 Å². The Hall–Kier alpha value is -2.86. The third kappa shape index (κ3) is 4.80. The number of carbonyl (C=O) groups is 3. The number of nitrogens with one attached hydrogen (secondary N) is 2. The standard InChI is InChI=1S/C25H29ClN2O4/c1-24(2)10-11-25(3,4)19-13-20(28-21(29)14-26)17(12-18(19)24)22(30)27-16-8-6-15(7-9-16)23(31)32-5/h6-9,12-13H,10-11,14H2,1-5H3,(H,27,30)(H,28,29). The summed E-state index contributed by atoms with van der Waals surface area (Å²) in [6.07, 6.45) is 2.00. The number of methoxy groups -OCH3 is 1. The van der Waals surface area contributed by atoms with Gasteiger partial charge in [-0.25, -0.2) is 4.79 Å². The van der Waals surface area contributed by atoms with Crippen LogP contribution in [0.2, 0.25) is 0 Å². The molecule has 3 rings (SSSR count). The summed E-state index contributed by atoms with van der Waals surface area (Å²) in [6, 6.07) is 10.2. The van der Waals surface area contributed by atoms with Crippen molar-refractivity contribution in [1.82, 2.24) is 0 Å². The minimum absolute atomic E-state index is 0.0793. The zero-order valence-electron chi connectivity index (χ0n) is 19.1. The molecule has 0 radical (unpaired) electrons. The van der Waals surface area contributed by atoms with Gasteiger partial charge in [0.25, 0.3) is 5.91 Å². The van der Waals surface area contributed by atoms with Crippen molar-refractivity contribution in [3.8, 4) is 0 Å². The molecule has 7 heteroatoms. The number of hydrogen-bond donors (Lipinski definition) is 2. The van der Waals surface area contributed by atoms with Crippen LogP contribution >= 0.6 is 11.6 Å². The van der Waals surface area contributed by atoms with Crippen LogP contribution in [0.5, 0.6) is 0 Å². The summed E-state index contributed by atoms with van der Waals surface area (Å²) in [4.78, 5) is 37.0. The first-order chi connectivity index (χ1) is 15.0. The average Bonchev–Trinajstić information content (AvgIpc) is 2.76. The van der Waals surface area contributed by atoms with E-state index in [-0.39, 0.29) is 28.5 Å². The molecule has 1 aliphatic carbocycles. The number of amides is 2. The molecule has 170 valence electrons. The van der Waals surface area contributed by atoms with E-state index in [1.54, 1.807) is 24.3 Å². The number of esters is 1. The van der Waals surface area contributed by atoms with Gasteiger partial charge in [-0.15, -0.1) is 11.6 Å². The lowest BCUT2D eigenvalue weighted by molar-refractivity contribution is -0.113. The van der Waals surface area contributed by atoms with Crippen molar-refractivity contribution < 1.29 is 19.1 Å². The zero-order chi connectivity index (χ0) is 23.7. The number of fused-ring (bicyclic) bond motifs is 1. The van der Waals surface area contributed by atoms with Gasteiger partial charge in [-0.3, -0.25) is 9.59 Å². The highest BCUT2D eigenvalue weighted by atomic mass is 35.5. The van der Waals surface area contributed by atoms with Crippen LogP contribution < -0.4 is 10.6 Å². The van der Waals surface area contributed by atoms with E-state index < -0.39 is 5.97 Å². The highest BCUT2D eigenvalue weighted by molar-refractivity contribution is 6.29. The van der Waals surface area contributed by atoms with Gasteiger partial charge >= 0.3 is 5.97 Å². The van der Waals surface area contributed by atoms with E-state index in [1.807, 2.05) is 12.1 Å². The van der Waals surface area contributed by atoms with E-state index in [9.17, 15) is 14.4 Å². The van der Waals surface area contributed by atoms with Crippen molar-refractivity contribution >= 4 is 40.8 Å². The van der Waals surface area contributed by atoms with Gasteiger partial charge in [-0.05, 0) is 71.2 Å². The molecule has 1 aliphatic rings. The SMILES string of the molecule is COC(=O)c1ccc(NC(=O)c2cc3c(cc2NC(=O)CCl)C(C)(C)CCC3(C)C)cc1. The summed E-state index contributed by atoms with van der Waals surface area (Å²) in [5, 5.41) is 5.63. The third-order valence-electron chi connectivity index (χ3n) is 6.19. The molecular formula is C25H29ClN2O4. The molecule has 32 heavy (non-hydrogen) atoms. The Morgan fingerprint density at radius 1 is 0.938 bits per heavy atom. The minimum Gasteiger partial charge on any atom is -0.465 e. The van der Waals surface area contributed by atoms with Crippen LogP contribution in [0.4, 0.5) is 11.4 Å². The topological polar surface area (TPSA) is 84.5 Å². The van der Waals surface area contributed by atoms with Crippen molar-refractivity contribution in [2.24, 2.45) is 0 Å². The van der Waals surface area contributed by atoms with Gasteiger partial charge in [0.15, 0.2) is 0 Å². The first-order valence-corrected chi connectivity index (χ1v) is 11.1. The molecule has 0 aliphatic heterocycles. The summed E-state index contributed by atoms with van der Waals surface area (Å²) in [6.45, 7) is 8.70. The quantitative estimate of drug-likeness (QED) is 0.475. The van der Waals surface area contributed by atoms with E-state index >= 15 is 0 Å². The minimum atomic E-state index is -0.450. The molecule has 2 N–H and O–H groups in total. The molecule has 6 nitrogen and oxygen atoms in total. The molecule has 0 saturated heterocycles. The predicted molar refractivity (Wildman–Crippen MR) is 127 cm³/mol. The summed E-state index contributed by atoms with van der Waals surface area (Å²) >= 11 is 5.71. The van der Waals surface area contributed by atoms with Crippen LogP contribution in [-0.2, 0) is 20.4 Å². The molecule has 0 unspecified atom stereocenters. The maximum Gasteiger partial charge on any atom is 0.337 e. The molecular weight excluding hydrogens is 428 g/mol. The molecule has 0 atom stereocenters. The van der Waals surface area contributed by atoms with Gasteiger partial charge < -0.3 is 15.4 Å². The normalized spacial score (nSPS) is 15.9. The molecule has 2 aromatic rings. The number of ether oxygens (including phenoxy) is 1. The molecule has 0 saturated carbocycles. The number of anilines is 2. The molecule has 0 bridgehead atoms. The molecule has 2 aromatic carbocycles. The highest BCUT2D eigenvalue weighted by Gasteiger charge is 2.38. The van der Waals surface area contributed by atoms with Crippen molar-refractivity contribution in [2.75, 3.05) is 23.6 Å². The maximum absolute atomic E-state index is 13.3. The summed E-state index contributed by atoms with van der Waals surface area (Å²) in [7, 11) is 1.31. The van der Waals surface area contributed by atoms with Gasteiger partial charge in [0, 0.05) is 5.69 Å². The van der Waals surface area contributed by atoms with Crippen molar-refractivity contribution in [3.63, 3.8) is 0 Å². The Kier molecular flexibility index (Phi) is 6.65. The first-order valence-electron chi connectivity index (χ1n) is 10.5. The summed E-state index contributed by atoms with van der Waals surface area (Å²) in [5.41, 5.74) is 3.75. The highest BCUT2D eigenvalue weighted by Crippen LogP contribution is 2.47. The fraction of sp³-hybridized carbons (Fsp3) is 0.400. The largest absolute Gasteiger partial charge is 0.465 e. The van der Waals surface area contributed by atoms with E-state index in [0.29, 0.717) is 22.5 Å². The van der Waals surface area contributed by atoms with Crippen molar-refractivity contribution in [2.45, 2.75) is 51.4 Å². The summed E-state index contributed by atoms with van der Waals surface area (Å²) in [5.74, 6) is -1.39. The lowest BCUT2D eigenvalue weighted by Crippen LogP contribution is -2.34. The summed E-state index contributed by atoms with van der Waals surface area (Å²) < 4.78 is 4.70. The number of hydrogen-bond acceptors (Lipinski definition) is 4. The Balaban J connectivity index is 2.02. The smallest absolute Gasteiger partial charge is 0.337 e. The Bertz CT molecular complexity index is 1060. The molecule has 0 spiro atoms. The lowest BCUT2D eigenvalue weighted by Gasteiger charge is -2.42. The van der Waals surface area contributed by atoms with Crippen LogP contribution in [0.1, 0.15) is 72.4 Å². The van der Waals surface area contributed by atoms with E-state index in [0.717, 1.165) is 24.0 Å². The average molecular weight is 457 g/mol. The van der Waals surface area contributed by atoms with Crippen LogP contribution in [0.15, 0.2) is 36.4 Å². The predicted octanol–water partition coefficient (Wildman–Crippen LogP) is 5.25. The van der Waals surface area contributed by atoms with Gasteiger partial charge in [0.1, 0.15) is 5.88 Å². The lowest BCUT2D eigenvalue weighted by atomic mass is 9.63. The van der Waals surface area contributed by atoms with Gasteiger partial charge in [-0.1, -0.05) is 27.7 Å². The van der Waals surface area contributed by atoms with Crippen molar-refractivity contribution in [1.29, 1.82) is 0 Å². The Labute approximate surface area is 193 Å². The maximum atomic E-state index is 13.3. The van der Waals surface area contributed by atoms with Crippen LogP contribution in [0.3, 0.4) is 0 Å². The number of carbonyl (C=O) groups excluding carboxylic acids is 3.